The van der Waals surface area contributed by atoms with Crippen molar-refractivity contribution >= 4 is 15.9 Å². The van der Waals surface area contributed by atoms with Gasteiger partial charge in [-0.1, -0.05) is 13.8 Å². The smallest absolute Gasteiger partial charge is 0.491 e. The topological polar surface area (TPSA) is 50.7 Å². The number of nitrogens with one attached hydrogen (secondary N) is 1. The van der Waals surface area contributed by atoms with E-state index in [1.807, 2.05) is 13.8 Å². The van der Waals surface area contributed by atoms with E-state index in [0.717, 1.165) is 6.07 Å². The van der Waals surface area contributed by atoms with Crippen LogP contribution in [0.4, 0.5) is 13.2 Å². The van der Waals surface area contributed by atoms with Gasteiger partial charge in [-0.2, -0.15) is 0 Å². The number of alkyl halides is 3. The third-order valence-electron chi connectivity index (χ3n) is 2.33. The molecule has 8 heteroatoms. The predicted molar refractivity (Wildman–Crippen MR) is 75.5 cm³/mol. The van der Waals surface area contributed by atoms with Gasteiger partial charge in [-0.05, 0) is 34.1 Å². The molecule has 1 aromatic carbocycles. The van der Waals surface area contributed by atoms with Gasteiger partial charge < -0.3 is 19.9 Å². The van der Waals surface area contributed by atoms with Crippen molar-refractivity contribution in [2.24, 2.45) is 0 Å². The van der Waals surface area contributed by atoms with Gasteiger partial charge in [0.2, 0.25) is 0 Å². The third kappa shape index (κ3) is 7.54. The number of hydrogen-bond donors (Lipinski definition) is 2. The van der Waals surface area contributed by atoms with E-state index in [4.69, 9.17) is 4.74 Å². The zero-order valence-corrected chi connectivity index (χ0v) is 13.2. The zero-order chi connectivity index (χ0) is 16.0. The van der Waals surface area contributed by atoms with Crippen molar-refractivity contribution in [3.63, 3.8) is 0 Å². The van der Waals surface area contributed by atoms with Gasteiger partial charge in [-0.3, -0.25) is 0 Å². The van der Waals surface area contributed by atoms with E-state index in [2.05, 4.69) is 26.0 Å². The van der Waals surface area contributed by atoms with Crippen LogP contribution in [0.15, 0.2) is 22.7 Å². The Bertz CT molecular complexity index is 455. The maximum absolute atomic E-state index is 12.1. The molecule has 1 aromatic rings. The molecule has 0 radical (unpaired) electrons. The lowest BCUT2D eigenvalue weighted by molar-refractivity contribution is -0.274. The maximum Gasteiger partial charge on any atom is 0.573 e. The summed E-state index contributed by atoms with van der Waals surface area (Å²) in [6.07, 6.45) is -5.46. The molecule has 0 saturated carbocycles. The van der Waals surface area contributed by atoms with Crippen LogP contribution >= 0.6 is 15.9 Å². The average Bonchev–Trinajstić information content (AvgIpc) is 2.35. The number of aliphatic hydroxyl groups is 1. The molecule has 0 saturated heterocycles. The van der Waals surface area contributed by atoms with Gasteiger partial charge in [-0.25, -0.2) is 0 Å². The first kappa shape index (κ1) is 18.1. The minimum absolute atomic E-state index is 0.0334. The van der Waals surface area contributed by atoms with Gasteiger partial charge in [-0.15, -0.1) is 13.2 Å². The summed E-state index contributed by atoms with van der Waals surface area (Å²) in [6.45, 7) is 4.30. The zero-order valence-electron chi connectivity index (χ0n) is 11.6. The molecule has 0 heterocycles. The molecular formula is C13H17BrF3NO3. The van der Waals surface area contributed by atoms with Crippen LogP contribution in [-0.4, -0.2) is 36.8 Å². The van der Waals surface area contributed by atoms with E-state index in [1.165, 1.54) is 12.1 Å². The standard InChI is InChI=1S/C13H17BrF3NO3/c1-8(2)18-6-9(19)7-20-10-3-4-12(11(14)5-10)21-13(15,16)17/h3-5,8-9,18-19H,6-7H2,1-2H3. The van der Waals surface area contributed by atoms with E-state index < -0.39 is 12.5 Å². The summed E-state index contributed by atoms with van der Waals surface area (Å²) in [5.74, 6) is -0.0168. The monoisotopic (exact) mass is 371 g/mol. The van der Waals surface area contributed by atoms with Crippen LogP contribution in [0.5, 0.6) is 11.5 Å². The third-order valence-corrected chi connectivity index (χ3v) is 2.95. The number of ether oxygens (including phenoxy) is 2. The van der Waals surface area contributed by atoms with Crippen LogP contribution in [-0.2, 0) is 0 Å². The number of aliphatic hydroxyl groups excluding tert-OH is 1. The Morgan fingerprint density at radius 3 is 2.52 bits per heavy atom. The fourth-order valence-electron chi connectivity index (χ4n) is 1.40. The Morgan fingerprint density at radius 2 is 2.00 bits per heavy atom. The summed E-state index contributed by atoms with van der Waals surface area (Å²) in [5.41, 5.74) is 0. The van der Waals surface area contributed by atoms with E-state index in [-0.39, 0.29) is 22.9 Å². The van der Waals surface area contributed by atoms with Gasteiger partial charge >= 0.3 is 6.36 Å². The highest BCUT2D eigenvalue weighted by molar-refractivity contribution is 9.10. The summed E-state index contributed by atoms with van der Waals surface area (Å²) in [5, 5.41) is 12.7. The molecular weight excluding hydrogens is 355 g/mol. The molecule has 0 amide bonds. The van der Waals surface area contributed by atoms with Crippen molar-refractivity contribution in [2.45, 2.75) is 32.4 Å². The number of rotatable bonds is 7. The van der Waals surface area contributed by atoms with Crippen molar-refractivity contribution in [1.29, 1.82) is 0 Å². The second kappa shape index (κ2) is 7.86. The van der Waals surface area contributed by atoms with Gasteiger partial charge in [0, 0.05) is 12.6 Å². The lowest BCUT2D eigenvalue weighted by atomic mass is 10.3. The predicted octanol–water partition coefficient (Wildman–Crippen LogP) is 3.09. The largest absolute Gasteiger partial charge is 0.573 e. The van der Waals surface area contributed by atoms with Gasteiger partial charge in [0.1, 0.15) is 24.2 Å². The molecule has 0 fully saturated rings. The Balaban J connectivity index is 2.52. The highest BCUT2D eigenvalue weighted by atomic mass is 79.9. The van der Waals surface area contributed by atoms with Crippen molar-refractivity contribution in [3.05, 3.63) is 22.7 Å². The maximum atomic E-state index is 12.1. The lowest BCUT2D eigenvalue weighted by Gasteiger charge is -2.16. The second-order valence-electron chi connectivity index (χ2n) is 4.67. The first-order chi connectivity index (χ1) is 9.67. The summed E-state index contributed by atoms with van der Waals surface area (Å²) in [7, 11) is 0. The summed E-state index contributed by atoms with van der Waals surface area (Å²) < 4.78 is 45.6. The van der Waals surface area contributed by atoms with Crippen LogP contribution in [0.3, 0.4) is 0 Å². The van der Waals surface area contributed by atoms with E-state index in [1.54, 1.807) is 0 Å². The molecule has 1 unspecified atom stereocenters. The van der Waals surface area contributed by atoms with Crippen LogP contribution in [0.2, 0.25) is 0 Å². The molecule has 0 spiro atoms. The van der Waals surface area contributed by atoms with Gasteiger partial charge in [0.15, 0.2) is 0 Å². The van der Waals surface area contributed by atoms with E-state index >= 15 is 0 Å². The molecule has 0 aliphatic rings. The Labute approximate surface area is 129 Å². The summed E-state index contributed by atoms with van der Waals surface area (Å²) >= 11 is 2.98. The van der Waals surface area contributed by atoms with Crippen LogP contribution in [0, 0.1) is 0 Å². The van der Waals surface area contributed by atoms with Crippen molar-refractivity contribution in [1.82, 2.24) is 5.32 Å². The first-order valence-electron chi connectivity index (χ1n) is 6.27. The van der Waals surface area contributed by atoms with Gasteiger partial charge in [0.25, 0.3) is 0 Å². The van der Waals surface area contributed by atoms with Gasteiger partial charge in [0.05, 0.1) is 4.47 Å². The average molecular weight is 372 g/mol. The van der Waals surface area contributed by atoms with Crippen molar-refractivity contribution in [3.8, 4) is 11.5 Å². The Hall–Kier alpha value is -0.990. The molecule has 0 aromatic heterocycles. The van der Waals surface area contributed by atoms with E-state index in [9.17, 15) is 18.3 Å². The molecule has 1 rings (SSSR count). The van der Waals surface area contributed by atoms with Crippen molar-refractivity contribution in [2.75, 3.05) is 13.2 Å². The Kier molecular flexibility index (Phi) is 6.76. The minimum atomic E-state index is -4.75. The highest BCUT2D eigenvalue weighted by Gasteiger charge is 2.32. The summed E-state index contributed by atoms with van der Waals surface area (Å²) in [6, 6.07) is 4.08. The molecule has 120 valence electrons. The lowest BCUT2D eigenvalue weighted by Crippen LogP contribution is -2.35. The minimum Gasteiger partial charge on any atom is -0.491 e. The molecule has 0 aliphatic carbocycles. The SMILES string of the molecule is CC(C)NCC(O)COc1ccc(OC(F)(F)F)c(Br)c1. The summed E-state index contributed by atoms with van der Waals surface area (Å²) in [4.78, 5) is 0. The van der Waals surface area contributed by atoms with Crippen LogP contribution in [0.1, 0.15) is 13.8 Å². The molecule has 0 bridgehead atoms. The fraction of sp³-hybridized carbons (Fsp3) is 0.538. The van der Waals surface area contributed by atoms with Crippen LogP contribution in [0.25, 0.3) is 0 Å². The Morgan fingerprint density at radius 1 is 1.33 bits per heavy atom. The molecule has 21 heavy (non-hydrogen) atoms. The number of hydrogen-bond acceptors (Lipinski definition) is 4. The molecule has 4 nitrogen and oxygen atoms in total. The highest BCUT2D eigenvalue weighted by Crippen LogP contribution is 2.33. The normalized spacial score (nSPS) is 13.3. The molecule has 1 atom stereocenters. The quantitative estimate of drug-likeness (QED) is 0.773. The van der Waals surface area contributed by atoms with Crippen molar-refractivity contribution < 1.29 is 27.8 Å². The molecule has 0 aliphatic heterocycles. The van der Waals surface area contributed by atoms with Crippen LogP contribution < -0.4 is 14.8 Å². The number of benzene rings is 1. The first-order valence-corrected chi connectivity index (χ1v) is 7.06. The molecule has 2 N–H and O–H groups in total. The van der Waals surface area contributed by atoms with E-state index in [0.29, 0.717) is 12.3 Å². The number of halogens is 4. The second-order valence-corrected chi connectivity index (χ2v) is 5.52. The fourth-order valence-corrected chi connectivity index (χ4v) is 1.84.